The summed E-state index contributed by atoms with van der Waals surface area (Å²) in [5.74, 6) is -0.711. The van der Waals surface area contributed by atoms with Crippen molar-refractivity contribution in [2.45, 2.75) is 12.6 Å². The molecule has 30 heavy (non-hydrogen) atoms. The van der Waals surface area contributed by atoms with Crippen LogP contribution in [0.15, 0.2) is 47.5 Å². The third kappa shape index (κ3) is 3.63. The van der Waals surface area contributed by atoms with Crippen LogP contribution in [0.25, 0.3) is 11.4 Å². The summed E-state index contributed by atoms with van der Waals surface area (Å²) >= 11 is 0. The van der Waals surface area contributed by atoms with Crippen LogP contribution in [0.2, 0.25) is 0 Å². The van der Waals surface area contributed by atoms with Gasteiger partial charge in [-0.05, 0) is 24.3 Å². The number of benzene rings is 2. The van der Waals surface area contributed by atoms with E-state index in [1.54, 1.807) is 0 Å². The second kappa shape index (κ2) is 7.29. The number of ether oxygens (including phenoxy) is 1. The Bertz CT molecular complexity index is 1160. The van der Waals surface area contributed by atoms with Crippen molar-refractivity contribution in [3.8, 4) is 17.1 Å². The molecule has 10 heteroatoms. The van der Waals surface area contributed by atoms with E-state index in [9.17, 15) is 17.6 Å². The number of anilines is 1. The van der Waals surface area contributed by atoms with Crippen LogP contribution in [0.1, 0.15) is 16.8 Å². The zero-order valence-corrected chi connectivity index (χ0v) is 15.4. The van der Waals surface area contributed by atoms with Crippen LogP contribution in [0.3, 0.4) is 0 Å². The van der Waals surface area contributed by atoms with Gasteiger partial charge in [0, 0.05) is 23.2 Å². The molecule has 2 aromatic carbocycles. The average Bonchev–Trinajstić information content (AvgIpc) is 3.18. The number of aromatic nitrogens is 2. The number of nitrogens with two attached hydrogens (primary N) is 2. The van der Waals surface area contributed by atoms with Crippen molar-refractivity contribution in [2.24, 2.45) is 10.7 Å². The Morgan fingerprint density at radius 3 is 2.63 bits per heavy atom. The zero-order chi connectivity index (χ0) is 21.5. The number of rotatable bonds is 3. The summed E-state index contributed by atoms with van der Waals surface area (Å²) in [7, 11) is 0. The Morgan fingerprint density at radius 1 is 1.10 bits per heavy atom. The van der Waals surface area contributed by atoms with Crippen LogP contribution in [0.5, 0.6) is 5.75 Å². The Morgan fingerprint density at radius 2 is 1.87 bits per heavy atom. The summed E-state index contributed by atoms with van der Waals surface area (Å²) in [5, 5.41) is 0. The lowest BCUT2D eigenvalue weighted by Gasteiger charge is -2.13. The van der Waals surface area contributed by atoms with Gasteiger partial charge in [-0.2, -0.15) is 13.2 Å². The summed E-state index contributed by atoms with van der Waals surface area (Å²) in [6.45, 7) is 0.277. The monoisotopic (exact) mass is 417 g/mol. The van der Waals surface area contributed by atoms with Gasteiger partial charge in [-0.1, -0.05) is 18.2 Å². The van der Waals surface area contributed by atoms with Crippen molar-refractivity contribution in [2.75, 3.05) is 12.3 Å². The maximum Gasteiger partial charge on any atom is 0.417 e. The van der Waals surface area contributed by atoms with Crippen LogP contribution in [-0.4, -0.2) is 22.4 Å². The standard InChI is InChI=1S/C20H15F4N5O/c21-10-5-6-14(25)12(9-10)17(26)28-19-16-15(7-8-30-16)27-18(29-19)11-3-1-2-4-13(11)20(22,23)24/h1-6,9H,7-8,25H2,(H2,26,27,28,29). The van der Waals surface area contributed by atoms with E-state index in [2.05, 4.69) is 15.0 Å². The Hall–Kier alpha value is -3.69. The molecule has 0 aliphatic carbocycles. The fourth-order valence-corrected chi connectivity index (χ4v) is 3.10. The quantitative estimate of drug-likeness (QED) is 0.292. The molecule has 154 valence electrons. The van der Waals surface area contributed by atoms with Gasteiger partial charge in [0.15, 0.2) is 11.6 Å². The minimum absolute atomic E-state index is 0.0503. The predicted molar refractivity (Wildman–Crippen MR) is 103 cm³/mol. The van der Waals surface area contributed by atoms with Crippen molar-refractivity contribution in [3.05, 3.63) is 65.1 Å². The van der Waals surface area contributed by atoms with Crippen LogP contribution in [0, 0.1) is 5.82 Å². The number of aliphatic imine (C=N–C) groups is 1. The van der Waals surface area contributed by atoms with E-state index in [-0.39, 0.29) is 46.6 Å². The van der Waals surface area contributed by atoms with Gasteiger partial charge < -0.3 is 16.2 Å². The predicted octanol–water partition coefficient (Wildman–Crippen LogP) is 3.86. The molecular weight excluding hydrogens is 402 g/mol. The van der Waals surface area contributed by atoms with Crippen molar-refractivity contribution < 1.29 is 22.3 Å². The van der Waals surface area contributed by atoms with Gasteiger partial charge in [-0.25, -0.2) is 19.4 Å². The smallest absolute Gasteiger partial charge is 0.417 e. The van der Waals surface area contributed by atoms with Crippen molar-refractivity contribution in [1.29, 1.82) is 0 Å². The number of hydrogen-bond donors (Lipinski definition) is 2. The first-order chi connectivity index (χ1) is 14.2. The number of hydrogen-bond acceptors (Lipinski definition) is 5. The van der Waals surface area contributed by atoms with Gasteiger partial charge in [0.2, 0.25) is 5.82 Å². The minimum Gasteiger partial charge on any atom is -0.487 e. The molecule has 0 bridgehead atoms. The molecule has 4 rings (SSSR count). The second-order valence-corrected chi connectivity index (χ2v) is 6.52. The van der Waals surface area contributed by atoms with Crippen LogP contribution < -0.4 is 16.2 Å². The van der Waals surface area contributed by atoms with E-state index in [4.69, 9.17) is 16.2 Å². The lowest BCUT2D eigenvalue weighted by Crippen LogP contribution is -2.16. The third-order valence-corrected chi connectivity index (χ3v) is 4.49. The van der Waals surface area contributed by atoms with E-state index < -0.39 is 17.6 Å². The molecule has 6 nitrogen and oxygen atoms in total. The third-order valence-electron chi connectivity index (χ3n) is 4.49. The molecule has 0 amide bonds. The molecule has 0 unspecified atom stereocenters. The molecule has 4 N–H and O–H groups in total. The summed E-state index contributed by atoms with van der Waals surface area (Å²) in [4.78, 5) is 12.6. The number of nitrogens with zero attached hydrogens (tertiary/aromatic N) is 3. The molecule has 2 heterocycles. The normalized spacial score (nSPS) is 13.8. The van der Waals surface area contributed by atoms with Gasteiger partial charge in [-0.15, -0.1) is 0 Å². The molecule has 1 aliphatic heterocycles. The summed E-state index contributed by atoms with van der Waals surface area (Å²) < 4.78 is 59.4. The van der Waals surface area contributed by atoms with E-state index in [0.717, 1.165) is 12.1 Å². The summed E-state index contributed by atoms with van der Waals surface area (Å²) in [6, 6.07) is 8.59. The molecular formula is C20H15F4N5O. The fourth-order valence-electron chi connectivity index (χ4n) is 3.10. The molecule has 1 aromatic heterocycles. The topological polar surface area (TPSA) is 99.4 Å². The first-order valence-corrected chi connectivity index (χ1v) is 8.84. The summed E-state index contributed by atoms with van der Waals surface area (Å²) in [6.07, 6.45) is -4.21. The number of nitrogen functional groups attached to an aromatic ring is 1. The van der Waals surface area contributed by atoms with Crippen LogP contribution >= 0.6 is 0 Å². The fraction of sp³-hybridized carbons (Fsp3) is 0.150. The lowest BCUT2D eigenvalue weighted by molar-refractivity contribution is -0.137. The highest BCUT2D eigenvalue weighted by Gasteiger charge is 2.34. The first-order valence-electron chi connectivity index (χ1n) is 8.84. The molecule has 0 spiro atoms. The van der Waals surface area contributed by atoms with Gasteiger partial charge in [0.05, 0.1) is 17.9 Å². The Labute approximate surface area is 168 Å². The van der Waals surface area contributed by atoms with E-state index >= 15 is 0 Å². The van der Waals surface area contributed by atoms with E-state index in [1.807, 2.05) is 0 Å². The molecule has 0 saturated heterocycles. The van der Waals surface area contributed by atoms with Crippen molar-refractivity contribution >= 4 is 17.3 Å². The van der Waals surface area contributed by atoms with Gasteiger partial charge in [0.1, 0.15) is 11.7 Å². The summed E-state index contributed by atoms with van der Waals surface area (Å²) in [5.41, 5.74) is 11.5. The van der Waals surface area contributed by atoms with Crippen LogP contribution in [0.4, 0.5) is 29.1 Å². The molecule has 3 aromatic rings. The second-order valence-electron chi connectivity index (χ2n) is 6.52. The van der Waals surface area contributed by atoms with Gasteiger partial charge in [-0.3, -0.25) is 0 Å². The first kappa shape index (κ1) is 19.6. The SMILES string of the molecule is NC(=Nc1nc(-c2ccccc2C(F)(F)F)nc2c1OCC2)c1cc(F)ccc1N. The van der Waals surface area contributed by atoms with E-state index in [0.29, 0.717) is 12.1 Å². The number of amidine groups is 1. The highest BCUT2D eigenvalue weighted by Crippen LogP contribution is 2.39. The average molecular weight is 417 g/mol. The maximum atomic E-state index is 13.6. The Kier molecular flexibility index (Phi) is 4.76. The largest absolute Gasteiger partial charge is 0.487 e. The van der Waals surface area contributed by atoms with E-state index in [1.165, 1.54) is 30.3 Å². The molecule has 0 saturated carbocycles. The zero-order valence-electron chi connectivity index (χ0n) is 15.4. The Balaban J connectivity index is 1.87. The van der Waals surface area contributed by atoms with Gasteiger partial charge >= 0.3 is 6.18 Å². The molecule has 0 atom stereocenters. The number of fused-ring (bicyclic) bond motifs is 1. The number of halogens is 4. The molecule has 0 radical (unpaired) electrons. The van der Waals surface area contributed by atoms with Gasteiger partial charge in [0.25, 0.3) is 0 Å². The lowest BCUT2D eigenvalue weighted by atomic mass is 10.1. The maximum absolute atomic E-state index is 13.6. The highest BCUT2D eigenvalue weighted by atomic mass is 19.4. The van der Waals surface area contributed by atoms with Crippen LogP contribution in [-0.2, 0) is 12.6 Å². The minimum atomic E-state index is -4.59. The molecule has 1 aliphatic rings. The van der Waals surface area contributed by atoms with Crippen molar-refractivity contribution in [1.82, 2.24) is 9.97 Å². The number of alkyl halides is 3. The highest BCUT2D eigenvalue weighted by molar-refractivity contribution is 6.03. The molecule has 0 fully saturated rings. The van der Waals surface area contributed by atoms with Crippen molar-refractivity contribution in [3.63, 3.8) is 0 Å².